The van der Waals surface area contributed by atoms with E-state index in [4.69, 9.17) is 14.2 Å². The number of rotatable bonds is 6. The smallest absolute Gasteiger partial charge is 0.273 e. The number of nitrogens with zero attached hydrogens (tertiary/aromatic N) is 3. The molecule has 0 spiro atoms. The number of carbonyl (C=O) groups excluding carboxylic acids is 2. The molecule has 1 aromatic heterocycles. The van der Waals surface area contributed by atoms with Crippen LogP contribution < -0.4 is 14.2 Å². The third kappa shape index (κ3) is 4.63. The van der Waals surface area contributed by atoms with Crippen LogP contribution in [0.25, 0.3) is 10.6 Å². The van der Waals surface area contributed by atoms with Crippen LogP contribution in [0.4, 0.5) is 0 Å². The van der Waals surface area contributed by atoms with E-state index in [2.05, 4.69) is 4.98 Å². The van der Waals surface area contributed by atoms with Crippen LogP contribution in [0.3, 0.4) is 0 Å². The third-order valence-electron chi connectivity index (χ3n) is 5.55. The number of carbonyl (C=O) groups is 2. The summed E-state index contributed by atoms with van der Waals surface area (Å²) in [6.45, 7) is 1.78. The summed E-state index contributed by atoms with van der Waals surface area (Å²) < 4.78 is 15.9. The molecular weight excluding hydrogens is 442 g/mol. The van der Waals surface area contributed by atoms with Crippen molar-refractivity contribution < 1.29 is 23.8 Å². The maximum atomic E-state index is 13.0. The molecule has 0 radical (unpaired) electrons. The Morgan fingerprint density at radius 3 is 2.12 bits per heavy atom. The lowest BCUT2D eigenvalue weighted by Gasteiger charge is -2.34. The molecule has 0 unspecified atom stereocenters. The second-order valence-electron chi connectivity index (χ2n) is 7.39. The zero-order valence-electron chi connectivity index (χ0n) is 18.7. The normalized spacial score (nSPS) is 13.5. The Kier molecular flexibility index (Phi) is 6.79. The van der Waals surface area contributed by atoms with Gasteiger partial charge in [-0.1, -0.05) is 12.1 Å². The Bertz CT molecular complexity index is 1150. The van der Waals surface area contributed by atoms with E-state index in [-0.39, 0.29) is 11.8 Å². The fourth-order valence-corrected chi connectivity index (χ4v) is 4.57. The van der Waals surface area contributed by atoms with E-state index in [1.165, 1.54) is 18.4 Å². The van der Waals surface area contributed by atoms with Gasteiger partial charge in [-0.25, -0.2) is 4.98 Å². The summed E-state index contributed by atoms with van der Waals surface area (Å²) in [7, 11) is 4.70. The van der Waals surface area contributed by atoms with E-state index in [0.29, 0.717) is 54.7 Å². The predicted octanol–water partition coefficient (Wildman–Crippen LogP) is 3.43. The highest BCUT2D eigenvalue weighted by Crippen LogP contribution is 2.32. The minimum atomic E-state index is -0.134. The molecule has 172 valence electrons. The second-order valence-corrected chi connectivity index (χ2v) is 8.25. The number of para-hydroxylation sites is 1. The first-order valence-corrected chi connectivity index (χ1v) is 11.3. The molecule has 3 aromatic rings. The zero-order valence-corrected chi connectivity index (χ0v) is 19.6. The summed E-state index contributed by atoms with van der Waals surface area (Å²) in [4.78, 5) is 34.0. The number of hydrogen-bond acceptors (Lipinski definition) is 7. The molecule has 0 saturated carbocycles. The van der Waals surface area contributed by atoms with Gasteiger partial charge in [0.05, 0.1) is 26.9 Å². The maximum Gasteiger partial charge on any atom is 0.273 e. The highest BCUT2D eigenvalue weighted by atomic mass is 32.1. The zero-order chi connectivity index (χ0) is 23.4. The molecule has 0 aliphatic carbocycles. The second kappa shape index (κ2) is 9.91. The maximum absolute atomic E-state index is 13.0. The Labute approximate surface area is 196 Å². The van der Waals surface area contributed by atoms with Gasteiger partial charge in [0.15, 0.2) is 11.5 Å². The molecule has 0 bridgehead atoms. The summed E-state index contributed by atoms with van der Waals surface area (Å²) in [6.07, 6.45) is 0. The van der Waals surface area contributed by atoms with Crippen LogP contribution in [0.15, 0.2) is 47.8 Å². The van der Waals surface area contributed by atoms with E-state index >= 15 is 0 Å². The molecule has 8 nitrogen and oxygen atoms in total. The topological polar surface area (TPSA) is 81.2 Å². The molecular formula is C24H25N3O5S. The molecule has 2 amide bonds. The Balaban J connectivity index is 1.41. The first-order valence-electron chi connectivity index (χ1n) is 10.4. The number of benzene rings is 2. The number of ether oxygens (including phenoxy) is 3. The monoisotopic (exact) mass is 467 g/mol. The van der Waals surface area contributed by atoms with Gasteiger partial charge in [-0.15, -0.1) is 11.3 Å². The molecule has 1 saturated heterocycles. The molecule has 4 rings (SSSR count). The molecule has 1 fully saturated rings. The van der Waals surface area contributed by atoms with Gasteiger partial charge in [0.1, 0.15) is 16.5 Å². The van der Waals surface area contributed by atoms with Crippen molar-refractivity contribution in [2.24, 2.45) is 0 Å². The fraction of sp³-hybridized carbons (Fsp3) is 0.292. The van der Waals surface area contributed by atoms with Gasteiger partial charge >= 0.3 is 0 Å². The highest BCUT2D eigenvalue weighted by Gasteiger charge is 2.27. The number of piperazine rings is 1. The minimum absolute atomic E-state index is 0.102. The van der Waals surface area contributed by atoms with Gasteiger partial charge in [-0.05, 0) is 30.3 Å². The third-order valence-corrected chi connectivity index (χ3v) is 6.42. The molecule has 33 heavy (non-hydrogen) atoms. The van der Waals surface area contributed by atoms with Crippen LogP contribution in [-0.2, 0) is 0 Å². The summed E-state index contributed by atoms with van der Waals surface area (Å²) in [6, 6.07) is 12.7. The van der Waals surface area contributed by atoms with Gasteiger partial charge in [0.25, 0.3) is 11.8 Å². The Morgan fingerprint density at radius 2 is 1.45 bits per heavy atom. The van der Waals surface area contributed by atoms with Gasteiger partial charge in [0.2, 0.25) is 0 Å². The average Bonchev–Trinajstić information content (AvgIpc) is 3.37. The first kappa shape index (κ1) is 22.6. The lowest BCUT2D eigenvalue weighted by molar-refractivity contribution is 0.0532. The molecule has 0 N–H and O–H groups in total. The van der Waals surface area contributed by atoms with E-state index in [9.17, 15) is 9.59 Å². The fourth-order valence-electron chi connectivity index (χ4n) is 3.74. The molecule has 2 heterocycles. The lowest BCUT2D eigenvalue weighted by atomic mass is 10.1. The van der Waals surface area contributed by atoms with Crippen molar-refractivity contribution >= 4 is 23.2 Å². The number of thiazole rings is 1. The van der Waals surface area contributed by atoms with Crippen molar-refractivity contribution in [3.63, 3.8) is 0 Å². The molecule has 9 heteroatoms. The van der Waals surface area contributed by atoms with Crippen molar-refractivity contribution in [1.82, 2.24) is 14.8 Å². The summed E-state index contributed by atoms with van der Waals surface area (Å²) in [5.41, 5.74) is 1.78. The summed E-state index contributed by atoms with van der Waals surface area (Å²) in [5, 5.41) is 2.50. The molecule has 0 atom stereocenters. The molecule has 1 aliphatic rings. The quantitative estimate of drug-likeness (QED) is 0.553. The van der Waals surface area contributed by atoms with Crippen molar-refractivity contribution in [1.29, 1.82) is 0 Å². The van der Waals surface area contributed by atoms with Crippen LogP contribution in [0.2, 0.25) is 0 Å². The number of methoxy groups -OCH3 is 3. The Hall–Kier alpha value is -3.59. The largest absolute Gasteiger partial charge is 0.496 e. The van der Waals surface area contributed by atoms with Gasteiger partial charge < -0.3 is 24.0 Å². The van der Waals surface area contributed by atoms with Crippen molar-refractivity contribution in [2.75, 3.05) is 47.5 Å². The van der Waals surface area contributed by atoms with Crippen LogP contribution >= 0.6 is 11.3 Å². The van der Waals surface area contributed by atoms with Gasteiger partial charge in [-0.2, -0.15) is 0 Å². The van der Waals surface area contributed by atoms with E-state index in [0.717, 1.165) is 10.6 Å². The standard InChI is InChI=1S/C24H25N3O5S/c1-30-19-7-5-4-6-17(19)22-25-18(15-33-22)24(29)27-12-10-26(11-13-27)23(28)16-8-9-20(31-2)21(14-16)32-3/h4-9,14-15H,10-13H2,1-3H3. The van der Waals surface area contributed by atoms with Crippen LogP contribution in [-0.4, -0.2) is 74.1 Å². The van der Waals surface area contributed by atoms with Crippen molar-refractivity contribution in [2.45, 2.75) is 0 Å². The number of amides is 2. The molecule has 1 aliphatic heterocycles. The van der Waals surface area contributed by atoms with Crippen molar-refractivity contribution in [3.8, 4) is 27.8 Å². The van der Waals surface area contributed by atoms with E-state index in [1.807, 2.05) is 24.3 Å². The van der Waals surface area contributed by atoms with Gasteiger partial charge in [0, 0.05) is 37.1 Å². The Morgan fingerprint density at radius 1 is 0.818 bits per heavy atom. The first-order chi connectivity index (χ1) is 16.0. The average molecular weight is 468 g/mol. The SMILES string of the molecule is COc1ccc(C(=O)N2CCN(C(=O)c3csc(-c4ccccc4OC)n3)CC2)cc1OC. The summed E-state index contributed by atoms with van der Waals surface area (Å²) in [5.74, 6) is 1.56. The van der Waals surface area contributed by atoms with Crippen LogP contribution in [0, 0.1) is 0 Å². The lowest BCUT2D eigenvalue weighted by Crippen LogP contribution is -2.50. The highest BCUT2D eigenvalue weighted by molar-refractivity contribution is 7.13. The number of aromatic nitrogens is 1. The van der Waals surface area contributed by atoms with Gasteiger partial charge in [-0.3, -0.25) is 9.59 Å². The predicted molar refractivity (Wildman–Crippen MR) is 125 cm³/mol. The molecule has 2 aromatic carbocycles. The van der Waals surface area contributed by atoms with Crippen molar-refractivity contribution in [3.05, 3.63) is 59.1 Å². The summed E-state index contributed by atoms with van der Waals surface area (Å²) >= 11 is 1.41. The van der Waals surface area contributed by atoms with Crippen LogP contribution in [0.1, 0.15) is 20.8 Å². The van der Waals surface area contributed by atoms with E-state index in [1.54, 1.807) is 47.6 Å². The minimum Gasteiger partial charge on any atom is -0.496 e. The van der Waals surface area contributed by atoms with E-state index < -0.39 is 0 Å². The van der Waals surface area contributed by atoms with Crippen LogP contribution in [0.5, 0.6) is 17.2 Å². The number of hydrogen-bond donors (Lipinski definition) is 0.